The number of rotatable bonds is 7. The number of halogens is 3. The summed E-state index contributed by atoms with van der Waals surface area (Å²) in [5, 5.41) is 3.08. The Morgan fingerprint density at radius 2 is 1.92 bits per heavy atom. The summed E-state index contributed by atoms with van der Waals surface area (Å²) in [6.45, 7) is 3.58. The number of quaternary nitrogens is 1. The molecule has 0 unspecified atom stereocenters. The smallest absolute Gasteiger partial charge is 0.406 e. The van der Waals surface area contributed by atoms with Gasteiger partial charge in [0.15, 0.2) is 5.11 Å². The van der Waals surface area contributed by atoms with E-state index in [1.165, 1.54) is 4.90 Å². The highest BCUT2D eigenvalue weighted by Gasteiger charge is 2.32. The average Bonchev–Trinajstić information content (AvgIpc) is 2.61. The molecule has 1 aromatic carbocycles. The minimum atomic E-state index is -4.33. The summed E-state index contributed by atoms with van der Waals surface area (Å²) in [5.74, 6) is 0.658. The third kappa shape index (κ3) is 7.35. The second-order valence-electron chi connectivity index (χ2n) is 6.16. The van der Waals surface area contributed by atoms with Crippen molar-refractivity contribution in [1.29, 1.82) is 0 Å². The van der Waals surface area contributed by atoms with Crippen molar-refractivity contribution in [3.63, 3.8) is 0 Å². The Labute approximate surface area is 157 Å². The molecule has 0 atom stereocenters. The molecule has 1 saturated heterocycles. The summed E-state index contributed by atoms with van der Waals surface area (Å²) in [6.07, 6.45) is -4.33. The van der Waals surface area contributed by atoms with E-state index in [4.69, 9.17) is 21.7 Å². The van der Waals surface area contributed by atoms with Crippen molar-refractivity contribution in [3.05, 3.63) is 29.8 Å². The Kier molecular flexibility index (Phi) is 7.92. The largest absolute Gasteiger partial charge is 0.497 e. The minimum Gasteiger partial charge on any atom is -0.497 e. The maximum Gasteiger partial charge on any atom is 0.406 e. The monoisotopic (exact) mass is 392 g/mol. The highest BCUT2D eigenvalue weighted by molar-refractivity contribution is 7.80. The van der Waals surface area contributed by atoms with Crippen molar-refractivity contribution in [1.82, 2.24) is 10.2 Å². The average molecular weight is 392 g/mol. The number of hydrogen-bond acceptors (Lipinski definition) is 3. The number of nitrogens with zero attached hydrogens (tertiary/aromatic N) is 1. The molecule has 0 spiro atoms. The molecular formula is C17H25F3N3O2S+. The van der Waals surface area contributed by atoms with Crippen LogP contribution in [0.2, 0.25) is 0 Å². The van der Waals surface area contributed by atoms with E-state index >= 15 is 0 Å². The normalized spacial score (nSPS) is 15.5. The number of ether oxygens (including phenoxy) is 2. The zero-order valence-electron chi connectivity index (χ0n) is 14.8. The van der Waals surface area contributed by atoms with E-state index in [0.29, 0.717) is 12.3 Å². The van der Waals surface area contributed by atoms with E-state index in [-0.39, 0.29) is 11.7 Å². The van der Waals surface area contributed by atoms with Gasteiger partial charge in [-0.15, -0.1) is 0 Å². The molecule has 1 aliphatic rings. The van der Waals surface area contributed by atoms with Gasteiger partial charge in [0.2, 0.25) is 0 Å². The molecule has 0 aromatic heterocycles. The molecule has 26 heavy (non-hydrogen) atoms. The Balaban J connectivity index is 1.90. The number of methoxy groups -OCH3 is 1. The quantitative estimate of drug-likeness (QED) is 0.673. The zero-order valence-corrected chi connectivity index (χ0v) is 15.6. The number of hydrogen-bond donors (Lipinski definition) is 2. The lowest BCUT2D eigenvalue weighted by Gasteiger charge is -2.28. The maximum absolute atomic E-state index is 12.9. The van der Waals surface area contributed by atoms with Crippen LogP contribution in [0.25, 0.3) is 0 Å². The number of benzene rings is 1. The molecule has 2 N–H and O–H groups in total. The molecule has 1 aromatic rings. The Hall–Kier alpha value is -1.58. The third-order valence-corrected chi connectivity index (χ3v) is 4.55. The van der Waals surface area contributed by atoms with Crippen molar-refractivity contribution in [2.24, 2.45) is 0 Å². The van der Waals surface area contributed by atoms with E-state index in [1.54, 1.807) is 31.4 Å². The molecule has 0 saturated carbocycles. The summed E-state index contributed by atoms with van der Waals surface area (Å²) in [5.41, 5.74) is 0.734. The number of thiocarbonyl (C=S) groups is 1. The van der Waals surface area contributed by atoms with Gasteiger partial charge in [0.25, 0.3) is 0 Å². The molecule has 9 heteroatoms. The predicted octanol–water partition coefficient (Wildman–Crippen LogP) is 0.849. The van der Waals surface area contributed by atoms with Gasteiger partial charge in [-0.2, -0.15) is 13.2 Å². The summed E-state index contributed by atoms with van der Waals surface area (Å²) < 4.78 is 49.2. The number of nitrogens with one attached hydrogen (secondary N) is 2. The van der Waals surface area contributed by atoms with Crippen LogP contribution < -0.4 is 15.0 Å². The van der Waals surface area contributed by atoms with Crippen LogP contribution >= 0.6 is 12.2 Å². The maximum atomic E-state index is 12.9. The first kappa shape index (κ1) is 20.7. The van der Waals surface area contributed by atoms with Gasteiger partial charge in [-0.3, -0.25) is 0 Å². The van der Waals surface area contributed by atoms with Crippen molar-refractivity contribution in [2.75, 3.05) is 53.0 Å². The number of morpholine rings is 1. The molecular weight excluding hydrogens is 367 g/mol. The molecule has 0 amide bonds. The molecule has 1 fully saturated rings. The highest BCUT2D eigenvalue weighted by Crippen LogP contribution is 2.19. The van der Waals surface area contributed by atoms with Crippen LogP contribution in [0.4, 0.5) is 13.2 Å². The van der Waals surface area contributed by atoms with E-state index in [1.807, 2.05) is 0 Å². The molecule has 0 bridgehead atoms. The second kappa shape index (κ2) is 9.94. The number of alkyl halides is 3. The molecule has 0 radical (unpaired) electrons. The Morgan fingerprint density at radius 1 is 1.27 bits per heavy atom. The first-order chi connectivity index (χ1) is 12.4. The van der Waals surface area contributed by atoms with E-state index < -0.39 is 12.7 Å². The lowest BCUT2D eigenvalue weighted by atomic mass is 10.2. The van der Waals surface area contributed by atoms with Gasteiger partial charge < -0.3 is 24.6 Å². The molecule has 0 aliphatic carbocycles. The first-order valence-corrected chi connectivity index (χ1v) is 8.92. The van der Waals surface area contributed by atoms with Gasteiger partial charge in [0.05, 0.1) is 33.4 Å². The molecule has 1 heterocycles. The van der Waals surface area contributed by atoms with Crippen molar-refractivity contribution in [2.45, 2.75) is 12.7 Å². The fraction of sp³-hybridized carbons (Fsp3) is 0.588. The lowest BCUT2D eigenvalue weighted by Crippen LogP contribution is -3.14. The van der Waals surface area contributed by atoms with Crippen LogP contribution in [0.1, 0.15) is 5.56 Å². The van der Waals surface area contributed by atoms with Crippen molar-refractivity contribution < 1.29 is 27.5 Å². The lowest BCUT2D eigenvalue weighted by molar-refractivity contribution is -0.906. The summed E-state index contributed by atoms with van der Waals surface area (Å²) in [7, 11) is 1.54. The van der Waals surface area contributed by atoms with Crippen LogP contribution in [0.5, 0.6) is 5.75 Å². The van der Waals surface area contributed by atoms with Gasteiger partial charge in [-0.1, -0.05) is 12.1 Å². The van der Waals surface area contributed by atoms with Gasteiger partial charge >= 0.3 is 6.18 Å². The van der Waals surface area contributed by atoms with Crippen LogP contribution in [-0.2, 0) is 11.3 Å². The molecule has 1 aliphatic heterocycles. The summed E-state index contributed by atoms with van der Waals surface area (Å²) in [4.78, 5) is 2.51. The Bertz CT molecular complexity index is 563. The van der Waals surface area contributed by atoms with Gasteiger partial charge in [0.1, 0.15) is 25.4 Å². The van der Waals surface area contributed by atoms with E-state index in [9.17, 15) is 13.2 Å². The molecule has 5 nitrogen and oxygen atoms in total. The van der Waals surface area contributed by atoms with E-state index in [2.05, 4.69) is 5.32 Å². The standard InChI is InChI=1S/C17H24F3N3O2S/c1-24-15-4-2-14(3-5-15)12-23(13-17(18,19)20)16(26)21-6-7-22-8-10-25-11-9-22/h2-5H,6-13H2,1H3,(H,21,26)/p+1. The van der Waals surface area contributed by atoms with Crippen LogP contribution in [0, 0.1) is 0 Å². The first-order valence-electron chi connectivity index (χ1n) is 8.51. The minimum absolute atomic E-state index is 0.0831. The fourth-order valence-corrected chi connectivity index (χ4v) is 2.97. The van der Waals surface area contributed by atoms with Gasteiger partial charge in [0, 0.05) is 6.54 Å². The summed E-state index contributed by atoms with van der Waals surface area (Å²) in [6, 6.07) is 6.92. The molecule has 2 rings (SSSR count). The highest BCUT2D eigenvalue weighted by atomic mass is 32.1. The van der Waals surface area contributed by atoms with Crippen LogP contribution in [0.15, 0.2) is 24.3 Å². The van der Waals surface area contributed by atoms with Crippen LogP contribution in [0.3, 0.4) is 0 Å². The van der Waals surface area contributed by atoms with E-state index in [0.717, 1.165) is 43.3 Å². The summed E-state index contributed by atoms with van der Waals surface area (Å²) >= 11 is 5.21. The van der Waals surface area contributed by atoms with Crippen molar-refractivity contribution in [3.8, 4) is 5.75 Å². The van der Waals surface area contributed by atoms with Crippen LogP contribution in [-0.4, -0.2) is 69.2 Å². The third-order valence-electron chi connectivity index (χ3n) is 4.14. The van der Waals surface area contributed by atoms with Crippen molar-refractivity contribution >= 4 is 17.3 Å². The second-order valence-corrected chi connectivity index (χ2v) is 6.55. The Morgan fingerprint density at radius 3 is 2.50 bits per heavy atom. The van der Waals surface area contributed by atoms with Gasteiger partial charge in [-0.05, 0) is 29.9 Å². The zero-order chi connectivity index (χ0) is 19.0. The topological polar surface area (TPSA) is 38.2 Å². The molecule has 146 valence electrons. The predicted molar refractivity (Wildman–Crippen MR) is 96.4 cm³/mol. The SMILES string of the molecule is COc1ccc(CN(CC(F)(F)F)C(=S)NCC[NH+]2CCOCC2)cc1. The van der Waals surface area contributed by atoms with Gasteiger partial charge in [-0.25, -0.2) is 0 Å². The fourth-order valence-electron chi connectivity index (χ4n) is 2.74.